The molecule has 1 aliphatic rings. The maximum atomic E-state index is 12.5. The third kappa shape index (κ3) is 3.57. The third-order valence-electron chi connectivity index (χ3n) is 4.07. The van der Waals surface area contributed by atoms with Crippen LogP contribution in [-0.4, -0.2) is 42.3 Å². The minimum atomic E-state index is -0.0508. The summed E-state index contributed by atoms with van der Waals surface area (Å²) in [4.78, 5) is 22.7. The zero-order valence-electron chi connectivity index (χ0n) is 13.6. The van der Waals surface area contributed by atoms with Crippen molar-refractivity contribution >= 4 is 5.91 Å². The molecule has 2 aromatic heterocycles. The summed E-state index contributed by atoms with van der Waals surface area (Å²) < 4.78 is 7.02. The van der Waals surface area contributed by atoms with Crippen molar-refractivity contribution < 1.29 is 9.32 Å². The highest BCUT2D eigenvalue weighted by molar-refractivity contribution is 5.76. The van der Waals surface area contributed by atoms with Crippen LogP contribution in [0.3, 0.4) is 0 Å². The van der Waals surface area contributed by atoms with Gasteiger partial charge in [0, 0.05) is 25.4 Å². The van der Waals surface area contributed by atoms with Gasteiger partial charge in [-0.2, -0.15) is 10.1 Å². The van der Waals surface area contributed by atoms with E-state index in [0.29, 0.717) is 24.7 Å². The van der Waals surface area contributed by atoms with Gasteiger partial charge in [-0.25, -0.2) is 4.98 Å². The number of likely N-dealkylation sites (tertiary alicyclic amines) is 1. The van der Waals surface area contributed by atoms with Crippen molar-refractivity contribution in [2.75, 3.05) is 6.54 Å². The molecule has 0 radical (unpaired) electrons. The summed E-state index contributed by atoms with van der Waals surface area (Å²) in [6, 6.07) is -0.0508. The number of aryl methyl sites for hydroxylation is 1. The highest BCUT2D eigenvalue weighted by Crippen LogP contribution is 2.31. The van der Waals surface area contributed by atoms with Crippen molar-refractivity contribution in [1.29, 1.82) is 0 Å². The second-order valence-corrected chi connectivity index (χ2v) is 6.15. The predicted octanol–water partition coefficient (Wildman–Crippen LogP) is 1.93. The molecule has 3 rings (SSSR count). The summed E-state index contributed by atoms with van der Waals surface area (Å²) in [5, 5.41) is 8.11. The smallest absolute Gasteiger partial charge is 0.229 e. The van der Waals surface area contributed by atoms with E-state index in [1.165, 1.54) is 6.33 Å². The number of nitrogens with zero attached hydrogens (tertiary/aromatic N) is 6. The number of amides is 1. The molecule has 0 bridgehead atoms. The third-order valence-corrected chi connectivity index (χ3v) is 4.07. The molecule has 1 amide bonds. The van der Waals surface area contributed by atoms with Crippen LogP contribution in [0.5, 0.6) is 0 Å². The molecule has 8 nitrogen and oxygen atoms in total. The Hall–Kier alpha value is -2.25. The first-order chi connectivity index (χ1) is 11.1. The van der Waals surface area contributed by atoms with Gasteiger partial charge in [0.2, 0.25) is 11.8 Å². The molecule has 0 N–H and O–H groups in total. The van der Waals surface area contributed by atoms with Crippen LogP contribution >= 0.6 is 0 Å². The molecule has 0 saturated carbocycles. The van der Waals surface area contributed by atoms with Crippen molar-refractivity contribution in [2.24, 2.45) is 0 Å². The van der Waals surface area contributed by atoms with E-state index in [1.807, 2.05) is 18.7 Å². The highest BCUT2D eigenvalue weighted by atomic mass is 16.5. The van der Waals surface area contributed by atoms with Gasteiger partial charge in [0.05, 0.1) is 6.04 Å². The molecule has 23 heavy (non-hydrogen) atoms. The second kappa shape index (κ2) is 6.89. The zero-order chi connectivity index (χ0) is 16.2. The Morgan fingerprint density at radius 3 is 3.04 bits per heavy atom. The van der Waals surface area contributed by atoms with Gasteiger partial charge in [-0.3, -0.25) is 9.48 Å². The van der Waals surface area contributed by atoms with Gasteiger partial charge in [0.15, 0.2) is 5.82 Å². The van der Waals surface area contributed by atoms with Gasteiger partial charge in [-0.05, 0) is 19.3 Å². The van der Waals surface area contributed by atoms with E-state index in [9.17, 15) is 4.79 Å². The van der Waals surface area contributed by atoms with Crippen molar-refractivity contribution in [3.8, 4) is 0 Å². The van der Waals surface area contributed by atoms with E-state index >= 15 is 0 Å². The van der Waals surface area contributed by atoms with E-state index in [-0.39, 0.29) is 17.9 Å². The highest BCUT2D eigenvalue weighted by Gasteiger charge is 2.33. The lowest BCUT2D eigenvalue weighted by atomic mass is 10.2. The second-order valence-electron chi connectivity index (χ2n) is 6.15. The quantitative estimate of drug-likeness (QED) is 0.808. The molecule has 0 spiro atoms. The lowest BCUT2D eigenvalue weighted by molar-refractivity contribution is -0.132. The molecule has 1 aliphatic heterocycles. The Bertz CT molecular complexity index is 636. The molecule has 2 aromatic rings. The maximum Gasteiger partial charge on any atom is 0.229 e. The Morgan fingerprint density at radius 2 is 2.35 bits per heavy atom. The van der Waals surface area contributed by atoms with Gasteiger partial charge in [0.1, 0.15) is 12.7 Å². The van der Waals surface area contributed by atoms with Gasteiger partial charge >= 0.3 is 0 Å². The van der Waals surface area contributed by atoms with Gasteiger partial charge < -0.3 is 9.42 Å². The summed E-state index contributed by atoms with van der Waals surface area (Å²) in [5.41, 5.74) is 0. The molecular weight excluding hydrogens is 296 g/mol. The number of carbonyl (C=O) groups is 1. The largest absolute Gasteiger partial charge is 0.339 e. The molecule has 1 atom stereocenters. The van der Waals surface area contributed by atoms with Crippen LogP contribution in [0, 0.1) is 0 Å². The zero-order valence-corrected chi connectivity index (χ0v) is 13.6. The van der Waals surface area contributed by atoms with Gasteiger partial charge in [0.25, 0.3) is 0 Å². The lowest BCUT2D eigenvalue weighted by Crippen LogP contribution is -2.31. The Morgan fingerprint density at radius 1 is 1.48 bits per heavy atom. The van der Waals surface area contributed by atoms with Crippen molar-refractivity contribution in [3.05, 3.63) is 24.4 Å². The van der Waals surface area contributed by atoms with E-state index in [0.717, 1.165) is 25.8 Å². The number of hydrogen-bond acceptors (Lipinski definition) is 6. The van der Waals surface area contributed by atoms with Crippen molar-refractivity contribution in [1.82, 2.24) is 29.8 Å². The van der Waals surface area contributed by atoms with Crippen LogP contribution in [0.4, 0.5) is 0 Å². The van der Waals surface area contributed by atoms with E-state index < -0.39 is 0 Å². The first kappa shape index (κ1) is 15.6. The number of aromatic nitrogens is 5. The van der Waals surface area contributed by atoms with Crippen LogP contribution in [0.1, 0.15) is 63.2 Å². The molecule has 3 heterocycles. The summed E-state index contributed by atoms with van der Waals surface area (Å²) in [6.45, 7) is 5.49. The van der Waals surface area contributed by atoms with Crippen LogP contribution in [0.2, 0.25) is 0 Å². The standard InChI is InChI=1S/C15H22N6O2/c1-11(2)15-18-14(19-23-15)12-5-3-8-21(12)13(22)6-4-7-20-10-16-9-17-20/h9-12H,3-8H2,1-2H3. The van der Waals surface area contributed by atoms with Crippen molar-refractivity contribution in [3.63, 3.8) is 0 Å². The molecule has 0 aliphatic carbocycles. The normalized spacial score (nSPS) is 18.0. The van der Waals surface area contributed by atoms with E-state index in [2.05, 4.69) is 20.2 Å². The minimum absolute atomic E-state index is 0.0508. The monoisotopic (exact) mass is 318 g/mol. The molecule has 1 saturated heterocycles. The fraction of sp³-hybridized carbons (Fsp3) is 0.667. The minimum Gasteiger partial charge on any atom is -0.339 e. The molecule has 1 unspecified atom stereocenters. The Labute approximate surface area is 134 Å². The van der Waals surface area contributed by atoms with E-state index in [1.54, 1.807) is 11.0 Å². The fourth-order valence-corrected chi connectivity index (χ4v) is 2.83. The molecule has 1 fully saturated rings. The number of carbonyl (C=O) groups excluding carboxylic acids is 1. The summed E-state index contributed by atoms with van der Waals surface area (Å²) in [6.07, 6.45) is 6.27. The first-order valence-corrected chi connectivity index (χ1v) is 8.10. The van der Waals surface area contributed by atoms with Gasteiger partial charge in [-0.15, -0.1) is 0 Å². The summed E-state index contributed by atoms with van der Waals surface area (Å²) in [7, 11) is 0. The lowest BCUT2D eigenvalue weighted by Gasteiger charge is -2.22. The number of hydrogen-bond donors (Lipinski definition) is 0. The van der Waals surface area contributed by atoms with Crippen molar-refractivity contribution in [2.45, 2.75) is 58.0 Å². The average molecular weight is 318 g/mol. The Kier molecular flexibility index (Phi) is 4.68. The number of rotatable bonds is 6. The van der Waals surface area contributed by atoms with Crippen LogP contribution < -0.4 is 0 Å². The topological polar surface area (TPSA) is 89.9 Å². The molecular formula is C15H22N6O2. The summed E-state index contributed by atoms with van der Waals surface area (Å²) in [5.74, 6) is 1.61. The first-order valence-electron chi connectivity index (χ1n) is 8.10. The maximum absolute atomic E-state index is 12.5. The van der Waals surface area contributed by atoms with Crippen LogP contribution in [-0.2, 0) is 11.3 Å². The van der Waals surface area contributed by atoms with Crippen LogP contribution in [0.25, 0.3) is 0 Å². The van der Waals surface area contributed by atoms with Gasteiger partial charge in [-0.1, -0.05) is 19.0 Å². The van der Waals surface area contributed by atoms with Crippen LogP contribution in [0.15, 0.2) is 17.2 Å². The Balaban J connectivity index is 1.57. The molecule has 0 aromatic carbocycles. The average Bonchev–Trinajstić information content (AvgIpc) is 3.27. The fourth-order valence-electron chi connectivity index (χ4n) is 2.83. The molecule has 124 valence electrons. The SMILES string of the molecule is CC(C)c1nc(C2CCCN2C(=O)CCCn2cncn2)no1. The molecule has 8 heteroatoms. The summed E-state index contributed by atoms with van der Waals surface area (Å²) >= 11 is 0. The van der Waals surface area contributed by atoms with E-state index in [4.69, 9.17) is 4.52 Å². The predicted molar refractivity (Wildman–Crippen MR) is 81.3 cm³/mol.